The van der Waals surface area contributed by atoms with Crippen molar-refractivity contribution in [2.24, 2.45) is 10.9 Å². The van der Waals surface area contributed by atoms with Gasteiger partial charge in [0.25, 0.3) is 0 Å². The molecule has 2 N–H and O–H groups in total. The van der Waals surface area contributed by atoms with E-state index >= 15 is 0 Å². The lowest BCUT2D eigenvalue weighted by Crippen LogP contribution is -2.45. The average Bonchev–Trinajstić information content (AvgIpc) is 3.55. The zero-order chi connectivity index (χ0) is 20.8. The number of pyridine rings is 1. The van der Waals surface area contributed by atoms with Crippen LogP contribution in [-0.2, 0) is 11.3 Å². The summed E-state index contributed by atoms with van der Waals surface area (Å²) in [5, 5.41) is 11.1. The highest BCUT2D eigenvalue weighted by Crippen LogP contribution is 2.27. The predicted molar refractivity (Wildman–Crippen MR) is 116 cm³/mol. The molecule has 1 saturated heterocycles. The number of amides is 1. The first-order chi connectivity index (χ1) is 14.7. The fourth-order valence-electron chi connectivity index (χ4n) is 4.28. The third-order valence-corrected chi connectivity index (χ3v) is 5.86. The molecule has 1 atom stereocenters. The second-order valence-electron chi connectivity index (χ2n) is 8.06. The molecule has 30 heavy (non-hydrogen) atoms. The molecule has 2 aromatic rings. The fourth-order valence-corrected chi connectivity index (χ4v) is 4.28. The van der Waals surface area contributed by atoms with E-state index in [2.05, 4.69) is 27.6 Å². The van der Waals surface area contributed by atoms with Gasteiger partial charge in [-0.1, -0.05) is 12.8 Å². The second-order valence-corrected chi connectivity index (χ2v) is 8.06. The molecule has 160 valence electrons. The SMILES string of the molecule is CCNC(=NCc1ccnc(-n2cccn2)c1)NC1CCN(C(=O)C2CCCC2)C1. The van der Waals surface area contributed by atoms with E-state index in [0.29, 0.717) is 12.5 Å². The lowest BCUT2D eigenvalue weighted by molar-refractivity contribution is -0.134. The molecule has 1 aliphatic heterocycles. The zero-order valence-corrected chi connectivity index (χ0v) is 17.6. The van der Waals surface area contributed by atoms with Crippen LogP contribution < -0.4 is 10.6 Å². The molecule has 1 aliphatic carbocycles. The second kappa shape index (κ2) is 9.73. The summed E-state index contributed by atoms with van der Waals surface area (Å²) in [7, 11) is 0. The molecule has 0 aromatic carbocycles. The Morgan fingerprint density at radius 3 is 2.90 bits per heavy atom. The largest absolute Gasteiger partial charge is 0.357 e. The van der Waals surface area contributed by atoms with Gasteiger partial charge in [0.05, 0.1) is 6.54 Å². The fraction of sp³-hybridized carbons (Fsp3) is 0.545. The smallest absolute Gasteiger partial charge is 0.225 e. The van der Waals surface area contributed by atoms with Crippen LogP contribution in [0.4, 0.5) is 0 Å². The first-order valence-electron chi connectivity index (χ1n) is 11.0. The van der Waals surface area contributed by atoms with E-state index in [0.717, 1.165) is 56.2 Å². The van der Waals surface area contributed by atoms with Crippen LogP contribution in [0.5, 0.6) is 0 Å². The van der Waals surface area contributed by atoms with Crippen molar-refractivity contribution in [1.82, 2.24) is 30.3 Å². The first kappa shape index (κ1) is 20.4. The Bertz CT molecular complexity index is 858. The summed E-state index contributed by atoms with van der Waals surface area (Å²) in [6.07, 6.45) is 10.9. The minimum absolute atomic E-state index is 0.241. The Labute approximate surface area is 177 Å². The number of aliphatic imine (C=N–C) groups is 1. The average molecular weight is 410 g/mol. The van der Waals surface area contributed by atoms with Gasteiger partial charge in [-0.05, 0) is 49.9 Å². The molecule has 2 fully saturated rings. The van der Waals surface area contributed by atoms with Gasteiger partial charge in [0.1, 0.15) is 0 Å². The summed E-state index contributed by atoms with van der Waals surface area (Å²) < 4.78 is 1.74. The zero-order valence-electron chi connectivity index (χ0n) is 17.6. The van der Waals surface area contributed by atoms with Gasteiger partial charge in [-0.25, -0.2) is 14.7 Å². The van der Waals surface area contributed by atoms with Crippen LogP contribution in [0.25, 0.3) is 5.82 Å². The number of hydrogen-bond acceptors (Lipinski definition) is 4. The molecule has 1 unspecified atom stereocenters. The van der Waals surface area contributed by atoms with Crippen LogP contribution in [0, 0.1) is 5.92 Å². The van der Waals surface area contributed by atoms with Crippen molar-refractivity contribution in [2.75, 3.05) is 19.6 Å². The lowest BCUT2D eigenvalue weighted by atomic mass is 10.1. The van der Waals surface area contributed by atoms with Crippen LogP contribution in [0.1, 0.15) is 44.6 Å². The molecular weight excluding hydrogens is 378 g/mol. The molecule has 0 spiro atoms. The topological polar surface area (TPSA) is 87.4 Å². The van der Waals surface area contributed by atoms with Crippen molar-refractivity contribution in [2.45, 2.75) is 51.6 Å². The summed E-state index contributed by atoms with van der Waals surface area (Å²) in [6, 6.07) is 6.09. The first-order valence-corrected chi connectivity index (χ1v) is 11.0. The van der Waals surface area contributed by atoms with Crippen LogP contribution in [0.2, 0.25) is 0 Å². The van der Waals surface area contributed by atoms with Gasteiger partial charge >= 0.3 is 0 Å². The van der Waals surface area contributed by atoms with Crippen molar-refractivity contribution in [3.63, 3.8) is 0 Å². The molecule has 2 aromatic heterocycles. The molecule has 8 nitrogen and oxygen atoms in total. The van der Waals surface area contributed by atoms with Crippen molar-refractivity contribution in [3.8, 4) is 5.82 Å². The predicted octanol–water partition coefficient (Wildman–Crippen LogP) is 2.11. The number of aromatic nitrogens is 3. The van der Waals surface area contributed by atoms with Gasteiger partial charge in [-0.3, -0.25) is 4.79 Å². The maximum absolute atomic E-state index is 12.7. The summed E-state index contributed by atoms with van der Waals surface area (Å²) in [5.41, 5.74) is 1.07. The molecule has 1 amide bonds. The van der Waals surface area contributed by atoms with E-state index in [9.17, 15) is 4.79 Å². The number of likely N-dealkylation sites (tertiary alicyclic amines) is 1. The number of hydrogen-bond donors (Lipinski definition) is 2. The van der Waals surface area contributed by atoms with E-state index < -0.39 is 0 Å². The third kappa shape index (κ3) is 4.98. The summed E-state index contributed by atoms with van der Waals surface area (Å²) in [6.45, 7) is 4.99. The molecule has 1 saturated carbocycles. The Balaban J connectivity index is 1.35. The van der Waals surface area contributed by atoms with Gasteiger partial charge in [0, 0.05) is 50.2 Å². The van der Waals surface area contributed by atoms with Gasteiger partial charge in [0.2, 0.25) is 5.91 Å². The van der Waals surface area contributed by atoms with Crippen LogP contribution in [0.15, 0.2) is 41.8 Å². The van der Waals surface area contributed by atoms with Crippen LogP contribution in [-0.4, -0.2) is 57.2 Å². The molecule has 4 rings (SSSR count). The minimum Gasteiger partial charge on any atom is -0.357 e. The number of carbonyl (C=O) groups is 1. The molecular formula is C22H31N7O. The highest BCUT2D eigenvalue weighted by molar-refractivity contribution is 5.81. The van der Waals surface area contributed by atoms with E-state index in [4.69, 9.17) is 4.99 Å². The summed E-state index contributed by atoms with van der Waals surface area (Å²) in [4.78, 5) is 23.8. The number of rotatable bonds is 6. The molecule has 0 bridgehead atoms. The normalized spacial score (nSPS) is 20.0. The van der Waals surface area contributed by atoms with Crippen molar-refractivity contribution in [1.29, 1.82) is 0 Å². The number of carbonyl (C=O) groups excluding carboxylic acids is 1. The minimum atomic E-state index is 0.241. The lowest BCUT2D eigenvalue weighted by Gasteiger charge is -2.21. The van der Waals surface area contributed by atoms with Gasteiger partial charge in [-0.2, -0.15) is 5.10 Å². The summed E-state index contributed by atoms with van der Waals surface area (Å²) >= 11 is 0. The van der Waals surface area contributed by atoms with Crippen molar-refractivity contribution in [3.05, 3.63) is 42.4 Å². The van der Waals surface area contributed by atoms with Gasteiger partial charge < -0.3 is 15.5 Å². The quantitative estimate of drug-likeness (QED) is 0.564. The standard InChI is InChI=1S/C22H31N7O/c1-2-23-22(25-15-17-8-11-24-20(14-17)29-12-5-10-26-29)27-19-9-13-28(16-19)21(30)18-6-3-4-7-18/h5,8,10-12,14,18-19H,2-4,6-7,9,13,15-16H2,1H3,(H2,23,25,27). The molecule has 8 heteroatoms. The van der Waals surface area contributed by atoms with Gasteiger partial charge in [-0.15, -0.1) is 0 Å². The Hall–Kier alpha value is -2.90. The van der Waals surface area contributed by atoms with Crippen molar-refractivity contribution >= 4 is 11.9 Å². The molecule has 3 heterocycles. The van der Waals surface area contributed by atoms with E-state index in [1.807, 2.05) is 29.3 Å². The maximum Gasteiger partial charge on any atom is 0.225 e. The third-order valence-electron chi connectivity index (χ3n) is 5.86. The van der Waals surface area contributed by atoms with E-state index in [-0.39, 0.29) is 12.0 Å². The van der Waals surface area contributed by atoms with E-state index in [1.54, 1.807) is 17.1 Å². The monoisotopic (exact) mass is 409 g/mol. The van der Waals surface area contributed by atoms with Gasteiger partial charge in [0.15, 0.2) is 11.8 Å². The molecule has 2 aliphatic rings. The summed E-state index contributed by atoms with van der Waals surface area (Å²) in [5.74, 6) is 2.17. The highest BCUT2D eigenvalue weighted by atomic mass is 16.2. The Morgan fingerprint density at radius 1 is 1.27 bits per heavy atom. The number of nitrogens with one attached hydrogen (secondary N) is 2. The van der Waals surface area contributed by atoms with Crippen molar-refractivity contribution < 1.29 is 4.79 Å². The van der Waals surface area contributed by atoms with E-state index in [1.165, 1.54) is 12.8 Å². The molecule has 0 radical (unpaired) electrons. The number of nitrogens with zero attached hydrogens (tertiary/aromatic N) is 5. The highest BCUT2D eigenvalue weighted by Gasteiger charge is 2.32. The van der Waals surface area contributed by atoms with Crippen LogP contribution >= 0.6 is 0 Å². The maximum atomic E-state index is 12.7. The van der Waals surface area contributed by atoms with Crippen LogP contribution in [0.3, 0.4) is 0 Å². The number of guanidine groups is 1. The Kier molecular flexibility index (Phi) is 6.61. The Morgan fingerprint density at radius 2 is 2.13 bits per heavy atom.